The number of rotatable bonds is 2. The largest absolute Gasteiger partial charge is 0.336 e. The third kappa shape index (κ3) is 1.67. The Balaban J connectivity index is 2.36. The molecule has 7 heteroatoms. The van der Waals surface area contributed by atoms with Gasteiger partial charge in [0.1, 0.15) is 0 Å². The fourth-order valence-corrected chi connectivity index (χ4v) is 1.53. The normalized spacial score (nSPS) is 15.1. The van der Waals surface area contributed by atoms with Gasteiger partial charge >= 0.3 is 6.03 Å². The fourth-order valence-electron chi connectivity index (χ4n) is 1.53. The molecular formula is C9H8FN3O3. The maximum Gasteiger partial charge on any atom is 0.322 e. The molecule has 1 aliphatic heterocycles. The Labute approximate surface area is 89.8 Å². The quantitative estimate of drug-likeness (QED) is 0.608. The lowest BCUT2D eigenvalue weighted by Gasteiger charge is -2.14. The van der Waals surface area contributed by atoms with Crippen LogP contribution in [0.1, 0.15) is 0 Å². The first kappa shape index (κ1) is 10.3. The van der Waals surface area contributed by atoms with Crippen LogP contribution in [0.15, 0.2) is 18.2 Å². The van der Waals surface area contributed by atoms with Crippen molar-refractivity contribution in [2.24, 2.45) is 0 Å². The van der Waals surface area contributed by atoms with Crippen molar-refractivity contribution in [3.63, 3.8) is 0 Å². The predicted octanol–water partition coefficient (Wildman–Crippen LogP) is 1.26. The average molecular weight is 225 g/mol. The number of carbonyl (C=O) groups is 1. The number of amides is 2. The minimum atomic E-state index is -0.772. The number of anilines is 1. The lowest BCUT2D eigenvalue weighted by atomic mass is 10.2. The molecule has 0 saturated carbocycles. The van der Waals surface area contributed by atoms with E-state index in [2.05, 4.69) is 5.32 Å². The summed E-state index contributed by atoms with van der Waals surface area (Å²) < 4.78 is 13.5. The van der Waals surface area contributed by atoms with Crippen molar-refractivity contribution >= 4 is 17.4 Å². The molecule has 2 amide bonds. The van der Waals surface area contributed by atoms with E-state index in [4.69, 9.17) is 0 Å². The van der Waals surface area contributed by atoms with Crippen LogP contribution in [0.2, 0.25) is 0 Å². The van der Waals surface area contributed by atoms with E-state index in [1.54, 1.807) is 0 Å². The number of benzene rings is 1. The zero-order valence-electron chi connectivity index (χ0n) is 8.14. The van der Waals surface area contributed by atoms with Gasteiger partial charge in [-0.25, -0.2) is 9.18 Å². The number of nitro groups is 1. The Bertz CT molecular complexity index is 463. The highest BCUT2D eigenvalue weighted by Crippen LogP contribution is 2.24. The Morgan fingerprint density at radius 3 is 2.75 bits per heavy atom. The van der Waals surface area contributed by atoms with Gasteiger partial charge in [-0.15, -0.1) is 0 Å². The van der Waals surface area contributed by atoms with Crippen molar-refractivity contribution in [1.29, 1.82) is 0 Å². The topological polar surface area (TPSA) is 75.5 Å². The zero-order valence-corrected chi connectivity index (χ0v) is 8.14. The maximum absolute atomic E-state index is 13.5. The summed E-state index contributed by atoms with van der Waals surface area (Å²) in [6.07, 6.45) is 0. The first-order chi connectivity index (χ1) is 7.59. The summed E-state index contributed by atoms with van der Waals surface area (Å²) >= 11 is 0. The minimum absolute atomic E-state index is 0.0561. The second-order valence-electron chi connectivity index (χ2n) is 3.28. The Morgan fingerprint density at radius 1 is 1.50 bits per heavy atom. The molecule has 1 saturated heterocycles. The van der Waals surface area contributed by atoms with E-state index in [0.29, 0.717) is 13.1 Å². The molecule has 0 atom stereocenters. The fraction of sp³-hybridized carbons (Fsp3) is 0.222. The number of nitrogens with zero attached hydrogens (tertiary/aromatic N) is 2. The van der Waals surface area contributed by atoms with Crippen LogP contribution in [0.3, 0.4) is 0 Å². The van der Waals surface area contributed by atoms with Crippen molar-refractivity contribution in [2.45, 2.75) is 0 Å². The molecule has 1 N–H and O–H groups in total. The number of hydrogen-bond acceptors (Lipinski definition) is 3. The Hall–Kier alpha value is -2.18. The first-order valence-electron chi connectivity index (χ1n) is 4.59. The summed E-state index contributed by atoms with van der Waals surface area (Å²) in [6.45, 7) is 0.794. The van der Waals surface area contributed by atoms with E-state index >= 15 is 0 Å². The lowest BCUT2D eigenvalue weighted by molar-refractivity contribution is -0.385. The monoisotopic (exact) mass is 225 g/mol. The first-order valence-corrected chi connectivity index (χ1v) is 4.59. The summed E-state index contributed by atoms with van der Waals surface area (Å²) in [7, 11) is 0. The van der Waals surface area contributed by atoms with Crippen molar-refractivity contribution < 1.29 is 14.1 Å². The van der Waals surface area contributed by atoms with Gasteiger partial charge in [-0.2, -0.15) is 0 Å². The molecule has 84 valence electrons. The van der Waals surface area contributed by atoms with Crippen LogP contribution >= 0.6 is 0 Å². The Morgan fingerprint density at radius 2 is 2.25 bits per heavy atom. The van der Waals surface area contributed by atoms with Gasteiger partial charge in [0.05, 0.1) is 16.7 Å². The molecule has 0 unspecified atom stereocenters. The number of non-ortho nitro benzene ring substituents is 1. The summed E-state index contributed by atoms with van der Waals surface area (Å²) in [6, 6.07) is 2.82. The van der Waals surface area contributed by atoms with Gasteiger partial charge in [0.15, 0.2) is 5.82 Å². The number of nitrogens with one attached hydrogen (secondary N) is 1. The minimum Gasteiger partial charge on any atom is -0.336 e. The standard InChI is InChI=1S/C9H8FN3O3/c10-7-5-6(13(15)16)1-2-8(7)12-4-3-11-9(12)14/h1-2,5H,3-4H2,(H,11,14). The van der Waals surface area contributed by atoms with Gasteiger partial charge in [0, 0.05) is 19.2 Å². The zero-order chi connectivity index (χ0) is 11.7. The van der Waals surface area contributed by atoms with Gasteiger partial charge in [0.25, 0.3) is 5.69 Å². The van der Waals surface area contributed by atoms with E-state index in [1.165, 1.54) is 17.0 Å². The number of carbonyl (C=O) groups excluding carboxylic acids is 1. The van der Waals surface area contributed by atoms with Crippen molar-refractivity contribution in [2.75, 3.05) is 18.0 Å². The van der Waals surface area contributed by atoms with E-state index < -0.39 is 16.8 Å². The molecule has 1 heterocycles. The molecule has 2 rings (SSSR count). The molecule has 0 bridgehead atoms. The van der Waals surface area contributed by atoms with E-state index in [0.717, 1.165) is 6.07 Å². The van der Waals surface area contributed by atoms with Crippen molar-refractivity contribution in [3.05, 3.63) is 34.1 Å². The molecule has 0 spiro atoms. The van der Waals surface area contributed by atoms with E-state index in [9.17, 15) is 19.3 Å². The molecule has 1 aliphatic rings. The summed E-state index contributed by atoms with van der Waals surface area (Å²) in [5.74, 6) is -0.772. The van der Waals surface area contributed by atoms with Crippen LogP contribution in [0, 0.1) is 15.9 Å². The highest BCUT2D eigenvalue weighted by atomic mass is 19.1. The van der Waals surface area contributed by atoms with Crippen LogP contribution in [0.5, 0.6) is 0 Å². The van der Waals surface area contributed by atoms with Crippen LogP contribution in [0.4, 0.5) is 20.6 Å². The van der Waals surface area contributed by atoms with Crippen LogP contribution in [-0.2, 0) is 0 Å². The number of halogens is 1. The summed E-state index contributed by atoms with van der Waals surface area (Å²) in [5, 5.41) is 12.9. The summed E-state index contributed by atoms with van der Waals surface area (Å²) in [5.41, 5.74) is -0.276. The van der Waals surface area contributed by atoms with Crippen LogP contribution in [-0.4, -0.2) is 24.0 Å². The van der Waals surface area contributed by atoms with Gasteiger partial charge in [0.2, 0.25) is 0 Å². The molecule has 0 aliphatic carbocycles. The Kier molecular flexibility index (Phi) is 2.43. The number of hydrogen-bond donors (Lipinski definition) is 1. The van der Waals surface area contributed by atoms with Gasteiger partial charge < -0.3 is 5.32 Å². The highest BCUT2D eigenvalue weighted by molar-refractivity contribution is 5.94. The van der Waals surface area contributed by atoms with Crippen molar-refractivity contribution in [3.8, 4) is 0 Å². The molecule has 1 aromatic carbocycles. The van der Waals surface area contributed by atoms with Crippen LogP contribution in [0.25, 0.3) is 0 Å². The maximum atomic E-state index is 13.5. The molecule has 1 aromatic rings. The second kappa shape index (κ2) is 3.76. The van der Waals surface area contributed by atoms with Gasteiger partial charge in [-0.05, 0) is 6.07 Å². The molecule has 16 heavy (non-hydrogen) atoms. The smallest absolute Gasteiger partial charge is 0.322 e. The third-order valence-corrected chi connectivity index (χ3v) is 2.29. The summed E-state index contributed by atoms with van der Waals surface area (Å²) in [4.78, 5) is 22.2. The molecule has 6 nitrogen and oxygen atoms in total. The second-order valence-corrected chi connectivity index (χ2v) is 3.28. The molecular weight excluding hydrogens is 217 g/mol. The SMILES string of the molecule is O=C1NCCN1c1ccc([N+](=O)[O-])cc1F. The predicted molar refractivity (Wildman–Crippen MR) is 53.8 cm³/mol. The van der Waals surface area contributed by atoms with Gasteiger partial charge in [-0.1, -0.05) is 0 Å². The van der Waals surface area contributed by atoms with Crippen LogP contribution < -0.4 is 10.2 Å². The van der Waals surface area contributed by atoms with E-state index in [1.807, 2.05) is 0 Å². The third-order valence-electron chi connectivity index (χ3n) is 2.29. The highest BCUT2D eigenvalue weighted by Gasteiger charge is 2.24. The van der Waals surface area contributed by atoms with Gasteiger partial charge in [-0.3, -0.25) is 15.0 Å². The van der Waals surface area contributed by atoms with E-state index in [-0.39, 0.29) is 11.4 Å². The lowest BCUT2D eigenvalue weighted by Crippen LogP contribution is -2.28. The molecule has 0 radical (unpaired) electrons. The number of urea groups is 1. The average Bonchev–Trinajstić information content (AvgIpc) is 2.64. The molecule has 1 fully saturated rings. The van der Waals surface area contributed by atoms with Crippen molar-refractivity contribution in [1.82, 2.24) is 5.32 Å². The number of nitro benzene ring substituents is 1. The molecule has 0 aromatic heterocycles.